The normalized spacial score (nSPS) is 18.1. The molecular formula is C19H15N. The van der Waals surface area contributed by atoms with Crippen molar-refractivity contribution in [3.05, 3.63) is 83.9 Å². The van der Waals surface area contributed by atoms with Crippen molar-refractivity contribution in [2.24, 2.45) is 5.92 Å². The monoisotopic (exact) mass is 257 g/mol. The summed E-state index contributed by atoms with van der Waals surface area (Å²) in [6.07, 6.45) is 4.20. The van der Waals surface area contributed by atoms with E-state index in [2.05, 4.69) is 36.9 Å². The molecule has 0 aromatic heterocycles. The maximum Gasteiger partial charge on any atom is 0.0815 e. The minimum atomic E-state index is -0.187. The maximum absolute atomic E-state index is 9.57. The fraction of sp³-hybridized carbons (Fsp3) is 0.105. The average molecular weight is 257 g/mol. The number of hydrogen-bond donors (Lipinski definition) is 0. The van der Waals surface area contributed by atoms with Crippen LogP contribution in [-0.4, -0.2) is 0 Å². The lowest BCUT2D eigenvalue weighted by Gasteiger charge is -2.26. The van der Waals surface area contributed by atoms with Crippen LogP contribution in [0.1, 0.15) is 22.6 Å². The molecule has 0 radical (unpaired) electrons. The van der Waals surface area contributed by atoms with Crippen molar-refractivity contribution in [2.45, 2.75) is 5.92 Å². The van der Waals surface area contributed by atoms with E-state index in [1.165, 1.54) is 5.56 Å². The third kappa shape index (κ3) is 2.06. The highest BCUT2D eigenvalue weighted by Crippen LogP contribution is 2.39. The average Bonchev–Trinajstić information content (AvgIpc) is 2.51. The Hall–Kier alpha value is -2.59. The van der Waals surface area contributed by atoms with Crippen molar-refractivity contribution >= 4 is 11.6 Å². The van der Waals surface area contributed by atoms with Gasteiger partial charge in [0.05, 0.1) is 12.0 Å². The minimum Gasteiger partial charge on any atom is -0.198 e. The first-order valence-electron chi connectivity index (χ1n) is 6.72. The molecular weight excluding hydrogens is 242 g/mol. The lowest BCUT2D eigenvalue weighted by atomic mass is 9.76. The summed E-state index contributed by atoms with van der Waals surface area (Å²) in [6.45, 7) is 4.23. The van der Waals surface area contributed by atoms with Crippen molar-refractivity contribution in [2.75, 3.05) is 0 Å². The summed E-state index contributed by atoms with van der Waals surface area (Å²) in [5.74, 6) is -0.148. The smallest absolute Gasteiger partial charge is 0.0815 e. The Morgan fingerprint density at radius 1 is 1.00 bits per heavy atom. The molecule has 0 heterocycles. The molecule has 1 aliphatic rings. The van der Waals surface area contributed by atoms with E-state index in [-0.39, 0.29) is 11.8 Å². The molecule has 0 bridgehead atoms. The molecule has 0 N–H and O–H groups in total. The van der Waals surface area contributed by atoms with Crippen LogP contribution in [-0.2, 0) is 0 Å². The van der Waals surface area contributed by atoms with Gasteiger partial charge in [0.1, 0.15) is 0 Å². The van der Waals surface area contributed by atoms with Crippen molar-refractivity contribution in [3.8, 4) is 6.07 Å². The van der Waals surface area contributed by atoms with Gasteiger partial charge in [0.2, 0.25) is 0 Å². The Morgan fingerprint density at radius 2 is 1.70 bits per heavy atom. The van der Waals surface area contributed by atoms with Crippen LogP contribution in [0.3, 0.4) is 0 Å². The van der Waals surface area contributed by atoms with Gasteiger partial charge in [-0.2, -0.15) is 5.26 Å². The highest BCUT2D eigenvalue weighted by molar-refractivity contribution is 5.80. The largest absolute Gasteiger partial charge is 0.198 e. The van der Waals surface area contributed by atoms with E-state index in [0.29, 0.717) is 0 Å². The van der Waals surface area contributed by atoms with Crippen LogP contribution in [0.4, 0.5) is 0 Å². The second-order valence-corrected chi connectivity index (χ2v) is 5.01. The van der Waals surface area contributed by atoms with Crippen LogP contribution in [0.2, 0.25) is 0 Å². The van der Waals surface area contributed by atoms with E-state index in [0.717, 1.165) is 16.7 Å². The van der Waals surface area contributed by atoms with Crippen LogP contribution >= 0.6 is 0 Å². The number of hydrogen-bond acceptors (Lipinski definition) is 1. The van der Waals surface area contributed by atoms with Gasteiger partial charge in [-0.1, -0.05) is 73.3 Å². The first kappa shape index (κ1) is 12.4. The molecule has 0 amide bonds. The molecule has 1 heteroatoms. The van der Waals surface area contributed by atoms with Crippen molar-refractivity contribution < 1.29 is 0 Å². The van der Waals surface area contributed by atoms with Gasteiger partial charge in [-0.25, -0.2) is 0 Å². The molecule has 2 atom stereocenters. The van der Waals surface area contributed by atoms with Gasteiger partial charge in [0, 0.05) is 5.92 Å². The highest BCUT2D eigenvalue weighted by Gasteiger charge is 2.27. The topological polar surface area (TPSA) is 23.8 Å². The Labute approximate surface area is 119 Å². The molecule has 3 rings (SSSR count). The van der Waals surface area contributed by atoms with Crippen LogP contribution in [0.5, 0.6) is 0 Å². The fourth-order valence-corrected chi connectivity index (χ4v) is 2.77. The summed E-state index contributed by atoms with van der Waals surface area (Å²) < 4.78 is 0. The molecule has 0 saturated carbocycles. The molecule has 2 aromatic carbocycles. The first-order chi connectivity index (χ1) is 9.81. The van der Waals surface area contributed by atoms with E-state index in [4.69, 9.17) is 0 Å². The summed E-state index contributed by atoms with van der Waals surface area (Å²) in [5, 5.41) is 9.57. The quantitative estimate of drug-likeness (QED) is 0.768. The SMILES string of the molecule is C=C1c2ccccc2C=CC1C(C#N)c1ccccc1. The molecule has 20 heavy (non-hydrogen) atoms. The number of nitriles is 1. The van der Waals surface area contributed by atoms with Gasteiger partial charge in [-0.05, 0) is 22.3 Å². The molecule has 0 fully saturated rings. The zero-order valence-corrected chi connectivity index (χ0v) is 11.2. The number of fused-ring (bicyclic) bond motifs is 1. The van der Waals surface area contributed by atoms with Gasteiger partial charge in [0.25, 0.3) is 0 Å². The second-order valence-electron chi connectivity index (χ2n) is 5.01. The second kappa shape index (κ2) is 5.19. The van der Waals surface area contributed by atoms with E-state index >= 15 is 0 Å². The standard InChI is InChI=1S/C19H15N/c1-14-17-10-6-5-9-16(17)11-12-18(14)19(13-20)15-7-3-2-4-8-15/h2-12,18-19H,1H2. The number of nitrogens with zero attached hydrogens (tertiary/aromatic N) is 1. The number of rotatable bonds is 2. The third-order valence-corrected chi connectivity index (χ3v) is 3.85. The van der Waals surface area contributed by atoms with Crippen molar-refractivity contribution in [1.29, 1.82) is 5.26 Å². The summed E-state index contributed by atoms with van der Waals surface area (Å²) >= 11 is 0. The van der Waals surface area contributed by atoms with Crippen LogP contribution in [0.25, 0.3) is 11.6 Å². The van der Waals surface area contributed by atoms with Gasteiger partial charge in [0.15, 0.2) is 0 Å². The zero-order valence-electron chi connectivity index (χ0n) is 11.2. The summed E-state index contributed by atoms with van der Waals surface area (Å²) in [5.41, 5.74) is 4.40. The molecule has 0 spiro atoms. The predicted octanol–water partition coefficient (Wildman–Crippen LogP) is 4.65. The van der Waals surface area contributed by atoms with Crippen LogP contribution in [0.15, 0.2) is 67.3 Å². The zero-order chi connectivity index (χ0) is 13.9. The Bertz CT molecular complexity index is 704. The Balaban J connectivity index is 2.00. The summed E-state index contributed by atoms with van der Waals surface area (Å²) in [7, 11) is 0. The van der Waals surface area contributed by atoms with Crippen LogP contribution in [0, 0.1) is 17.2 Å². The van der Waals surface area contributed by atoms with E-state index in [1.807, 2.05) is 42.5 Å². The molecule has 0 aliphatic heterocycles. The van der Waals surface area contributed by atoms with Gasteiger partial charge in [-0.3, -0.25) is 0 Å². The van der Waals surface area contributed by atoms with Crippen LogP contribution < -0.4 is 0 Å². The lowest BCUT2D eigenvalue weighted by Crippen LogP contribution is -2.14. The molecule has 1 aliphatic carbocycles. The van der Waals surface area contributed by atoms with E-state index < -0.39 is 0 Å². The maximum atomic E-state index is 9.57. The molecule has 2 unspecified atom stereocenters. The summed E-state index contributed by atoms with van der Waals surface area (Å²) in [6, 6.07) is 20.6. The van der Waals surface area contributed by atoms with Gasteiger partial charge >= 0.3 is 0 Å². The fourth-order valence-electron chi connectivity index (χ4n) is 2.77. The first-order valence-corrected chi connectivity index (χ1v) is 6.72. The summed E-state index contributed by atoms with van der Waals surface area (Å²) in [4.78, 5) is 0. The number of benzene rings is 2. The Morgan fingerprint density at radius 3 is 2.45 bits per heavy atom. The minimum absolute atomic E-state index is 0.0392. The third-order valence-electron chi connectivity index (χ3n) is 3.85. The molecule has 0 saturated heterocycles. The van der Waals surface area contributed by atoms with E-state index in [1.54, 1.807) is 0 Å². The van der Waals surface area contributed by atoms with Gasteiger partial charge in [-0.15, -0.1) is 0 Å². The highest BCUT2D eigenvalue weighted by atomic mass is 14.3. The van der Waals surface area contributed by atoms with E-state index in [9.17, 15) is 5.26 Å². The Kier molecular flexibility index (Phi) is 3.23. The number of allylic oxidation sites excluding steroid dienone is 2. The van der Waals surface area contributed by atoms with Crippen molar-refractivity contribution in [1.82, 2.24) is 0 Å². The lowest BCUT2D eigenvalue weighted by molar-refractivity contribution is 0.736. The van der Waals surface area contributed by atoms with Gasteiger partial charge < -0.3 is 0 Å². The molecule has 96 valence electrons. The van der Waals surface area contributed by atoms with Crippen molar-refractivity contribution in [3.63, 3.8) is 0 Å². The molecule has 2 aromatic rings. The molecule has 1 nitrogen and oxygen atoms in total. The predicted molar refractivity (Wildman–Crippen MR) is 82.8 cm³/mol.